The molecule has 0 N–H and O–H groups in total. The first kappa shape index (κ1) is 10.8. The van der Waals surface area contributed by atoms with Crippen molar-refractivity contribution in [2.75, 3.05) is 7.05 Å². The Morgan fingerprint density at radius 1 is 1.40 bits per heavy atom. The molecular weight excluding hydrogens is 238 g/mol. The van der Waals surface area contributed by atoms with Gasteiger partial charge in [-0.15, -0.1) is 0 Å². The van der Waals surface area contributed by atoms with Crippen LogP contribution in [-0.4, -0.2) is 35.8 Å². The largest absolute Gasteiger partial charge is 0.246 e. The van der Waals surface area contributed by atoms with Crippen LogP contribution in [0.4, 0.5) is 0 Å². The summed E-state index contributed by atoms with van der Waals surface area (Å²) in [6.07, 6.45) is 4.29. The zero-order valence-electron chi connectivity index (χ0n) is 8.09. The van der Waals surface area contributed by atoms with Gasteiger partial charge in [-0.1, -0.05) is 0 Å². The van der Waals surface area contributed by atoms with Crippen molar-refractivity contribution in [2.24, 2.45) is 0 Å². The van der Waals surface area contributed by atoms with E-state index in [4.69, 9.17) is 11.6 Å². The molecule has 1 saturated carbocycles. The van der Waals surface area contributed by atoms with Crippen molar-refractivity contribution in [3.63, 3.8) is 0 Å². The van der Waals surface area contributed by atoms with E-state index in [0.717, 1.165) is 12.8 Å². The lowest BCUT2D eigenvalue weighted by Crippen LogP contribution is -2.29. The Balaban J connectivity index is 2.32. The van der Waals surface area contributed by atoms with Crippen molar-refractivity contribution >= 4 is 21.6 Å². The SMILES string of the molecule is CN(C1CC1)S(=O)(=O)c1cnc(Cl)nc1. The summed E-state index contributed by atoms with van der Waals surface area (Å²) in [6.45, 7) is 0. The van der Waals surface area contributed by atoms with Gasteiger partial charge in [-0.05, 0) is 24.4 Å². The fourth-order valence-corrected chi connectivity index (χ4v) is 2.64. The van der Waals surface area contributed by atoms with Crippen LogP contribution in [0.25, 0.3) is 0 Å². The van der Waals surface area contributed by atoms with E-state index in [1.165, 1.54) is 16.7 Å². The molecule has 1 aliphatic carbocycles. The maximum atomic E-state index is 11.9. The van der Waals surface area contributed by atoms with E-state index in [1.54, 1.807) is 7.05 Å². The van der Waals surface area contributed by atoms with Crippen molar-refractivity contribution in [1.82, 2.24) is 14.3 Å². The van der Waals surface area contributed by atoms with Crippen LogP contribution in [0.5, 0.6) is 0 Å². The molecule has 0 unspecified atom stereocenters. The molecule has 0 aliphatic heterocycles. The Kier molecular flexibility index (Phi) is 2.66. The third-order valence-electron chi connectivity index (χ3n) is 2.33. The molecule has 5 nitrogen and oxygen atoms in total. The van der Waals surface area contributed by atoms with Gasteiger partial charge >= 0.3 is 0 Å². The summed E-state index contributed by atoms with van der Waals surface area (Å²) in [5.41, 5.74) is 0. The highest BCUT2D eigenvalue weighted by atomic mass is 35.5. The van der Waals surface area contributed by atoms with Gasteiger partial charge in [-0.25, -0.2) is 18.4 Å². The second kappa shape index (κ2) is 3.70. The zero-order valence-corrected chi connectivity index (χ0v) is 9.66. The van der Waals surface area contributed by atoms with Crippen molar-refractivity contribution in [3.05, 3.63) is 17.7 Å². The summed E-state index contributed by atoms with van der Waals surface area (Å²) in [7, 11) is -1.87. The molecular formula is C8H10ClN3O2S. The average Bonchev–Trinajstić information content (AvgIpc) is 3.00. The van der Waals surface area contributed by atoms with Crippen LogP contribution in [0.15, 0.2) is 17.3 Å². The Bertz CT molecular complexity index is 455. The maximum Gasteiger partial charge on any atom is 0.246 e. The van der Waals surface area contributed by atoms with Crippen molar-refractivity contribution in [3.8, 4) is 0 Å². The van der Waals surface area contributed by atoms with Crippen molar-refractivity contribution < 1.29 is 8.42 Å². The Hall–Kier alpha value is -0.720. The predicted molar refractivity (Wildman–Crippen MR) is 55.0 cm³/mol. The molecule has 0 bridgehead atoms. The number of aromatic nitrogens is 2. The lowest BCUT2D eigenvalue weighted by Gasteiger charge is -2.15. The minimum absolute atomic E-state index is 0.0445. The van der Waals surface area contributed by atoms with Gasteiger partial charge in [0, 0.05) is 13.1 Å². The van der Waals surface area contributed by atoms with Crippen LogP contribution in [-0.2, 0) is 10.0 Å². The smallest absolute Gasteiger partial charge is 0.225 e. The van der Waals surface area contributed by atoms with E-state index in [2.05, 4.69) is 9.97 Å². The molecule has 1 aromatic heterocycles. The normalized spacial score (nSPS) is 17.0. The fourth-order valence-electron chi connectivity index (χ4n) is 1.23. The minimum Gasteiger partial charge on any atom is -0.225 e. The van der Waals surface area contributed by atoms with Gasteiger partial charge in [0.2, 0.25) is 15.3 Å². The van der Waals surface area contributed by atoms with Crippen LogP contribution < -0.4 is 0 Å². The topological polar surface area (TPSA) is 63.2 Å². The summed E-state index contributed by atoms with van der Waals surface area (Å²) >= 11 is 5.49. The van der Waals surface area contributed by atoms with E-state index in [-0.39, 0.29) is 16.2 Å². The highest BCUT2D eigenvalue weighted by Crippen LogP contribution is 2.29. The monoisotopic (exact) mass is 247 g/mol. The zero-order chi connectivity index (χ0) is 11.1. The van der Waals surface area contributed by atoms with Crippen LogP contribution >= 0.6 is 11.6 Å². The first-order valence-electron chi connectivity index (χ1n) is 4.47. The van der Waals surface area contributed by atoms with E-state index in [1.807, 2.05) is 0 Å². The molecule has 0 saturated heterocycles. The van der Waals surface area contributed by atoms with Crippen LogP contribution in [0.2, 0.25) is 5.28 Å². The van der Waals surface area contributed by atoms with Gasteiger partial charge in [0.1, 0.15) is 4.90 Å². The number of rotatable bonds is 3. The Morgan fingerprint density at radius 2 is 1.93 bits per heavy atom. The molecule has 2 rings (SSSR count). The third kappa shape index (κ3) is 2.11. The van der Waals surface area contributed by atoms with Gasteiger partial charge in [0.15, 0.2) is 0 Å². The Labute approximate surface area is 93.1 Å². The summed E-state index contributed by atoms with van der Waals surface area (Å²) in [4.78, 5) is 7.40. The first-order valence-corrected chi connectivity index (χ1v) is 6.29. The summed E-state index contributed by atoms with van der Waals surface area (Å²) in [6, 6.07) is 0.130. The quantitative estimate of drug-likeness (QED) is 0.745. The highest BCUT2D eigenvalue weighted by molar-refractivity contribution is 7.89. The minimum atomic E-state index is -3.44. The molecule has 1 aromatic rings. The summed E-state index contributed by atoms with van der Waals surface area (Å²) in [5.74, 6) is 0. The molecule has 0 radical (unpaired) electrons. The van der Waals surface area contributed by atoms with Gasteiger partial charge in [-0.2, -0.15) is 4.31 Å². The molecule has 82 valence electrons. The molecule has 0 atom stereocenters. The summed E-state index contributed by atoms with van der Waals surface area (Å²) in [5, 5.41) is 0.0445. The number of halogens is 1. The highest BCUT2D eigenvalue weighted by Gasteiger charge is 2.35. The molecule has 1 aliphatic rings. The van der Waals surface area contributed by atoms with Gasteiger partial charge in [0.05, 0.1) is 12.4 Å². The van der Waals surface area contributed by atoms with E-state index in [9.17, 15) is 8.42 Å². The van der Waals surface area contributed by atoms with Crippen LogP contribution in [0, 0.1) is 0 Å². The molecule has 0 spiro atoms. The molecule has 1 fully saturated rings. The first-order chi connectivity index (χ1) is 7.01. The van der Waals surface area contributed by atoms with Gasteiger partial charge in [0.25, 0.3) is 0 Å². The van der Waals surface area contributed by atoms with Crippen LogP contribution in [0.3, 0.4) is 0 Å². The maximum absolute atomic E-state index is 11.9. The lowest BCUT2D eigenvalue weighted by atomic mass is 10.7. The molecule has 0 amide bonds. The van der Waals surface area contributed by atoms with E-state index in [0.29, 0.717) is 0 Å². The molecule has 15 heavy (non-hydrogen) atoms. The second-order valence-corrected chi connectivity index (χ2v) is 5.78. The molecule has 0 aromatic carbocycles. The predicted octanol–water partition coefficient (Wildman–Crippen LogP) is 0.913. The van der Waals surface area contributed by atoms with Crippen molar-refractivity contribution in [1.29, 1.82) is 0 Å². The van der Waals surface area contributed by atoms with Crippen LogP contribution in [0.1, 0.15) is 12.8 Å². The van der Waals surface area contributed by atoms with E-state index >= 15 is 0 Å². The average molecular weight is 248 g/mol. The molecule has 7 heteroatoms. The van der Waals surface area contributed by atoms with Gasteiger partial charge < -0.3 is 0 Å². The fraction of sp³-hybridized carbons (Fsp3) is 0.500. The Morgan fingerprint density at radius 3 is 2.40 bits per heavy atom. The number of hydrogen-bond acceptors (Lipinski definition) is 4. The number of hydrogen-bond donors (Lipinski definition) is 0. The number of nitrogens with zero attached hydrogens (tertiary/aromatic N) is 3. The standard InChI is InChI=1S/C8H10ClN3O2S/c1-12(6-2-3-6)15(13,14)7-4-10-8(9)11-5-7/h4-6H,2-3H2,1H3. The third-order valence-corrected chi connectivity index (χ3v) is 4.39. The lowest BCUT2D eigenvalue weighted by molar-refractivity contribution is 0.463. The number of sulfonamides is 1. The molecule has 1 heterocycles. The van der Waals surface area contributed by atoms with Crippen molar-refractivity contribution in [2.45, 2.75) is 23.8 Å². The summed E-state index contributed by atoms with van der Waals surface area (Å²) < 4.78 is 25.2. The van der Waals surface area contributed by atoms with E-state index < -0.39 is 10.0 Å². The second-order valence-electron chi connectivity index (χ2n) is 3.44. The van der Waals surface area contributed by atoms with Gasteiger partial charge in [-0.3, -0.25) is 0 Å².